The first-order valence-electron chi connectivity index (χ1n) is 5.72. The van der Waals surface area contributed by atoms with Gasteiger partial charge in [-0.05, 0) is 36.8 Å². The van der Waals surface area contributed by atoms with Gasteiger partial charge in [0.1, 0.15) is 0 Å². The van der Waals surface area contributed by atoms with Gasteiger partial charge in [-0.2, -0.15) is 0 Å². The van der Waals surface area contributed by atoms with Gasteiger partial charge in [-0.15, -0.1) is 0 Å². The maximum atomic E-state index is 12.0. The minimum atomic E-state index is -1.11. The summed E-state index contributed by atoms with van der Waals surface area (Å²) in [6.07, 6.45) is 3.07. The normalized spacial score (nSPS) is 10.1. The molecular weight excluding hydrogens is 280 g/mol. The number of aromatic nitrogens is 1. The lowest BCUT2D eigenvalue weighted by atomic mass is 10.2. The van der Waals surface area contributed by atoms with Gasteiger partial charge in [0.15, 0.2) is 0 Å². The maximum absolute atomic E-state index is 12.0. The Labute approximate surface area is 120 Å². The second kappa shape index (κ2) is 5.71. The van der Waals surface area contributed by atoms with Crippen LogP contribution in [0.5, 0.6) is 0 Å². The van der Waals surface area contributed by atoms with Gasteiger partial charge in [-0.1, -0.05) is 11.6 Å². The Balaban J connectivity index is 2.26. The second-order valence-corrected chi connectivity index (χ2v) is 4.68. The maximum Gasteiger partial charge on any atom is 0.335 e. The molecule has 0 spiro atoms. The van der Waals surface area contributed by atoms with Crippen LogP contribution in [0.4, 0.5) is 5.69 Å². The third kappa shape index (κ3) is 3.33. The highest BCUT2D eigenvalue weighted by molar-refractivity contribution is 6.31. The molecule has 0 aliphatic rings. The van der Waals surface area contributed by atoms with E-state index in [-0.39, 0.29) is 16.5 Å². The number of carboxylic acids is 1. The third-order valence-corrected chi connectivity index (χ3v) is 2.76. The fourth-order valence-electron chi connectivity index (χ4n) is 1.67. The number of hydrogen-bond acceptors (Lipinski definition) is 3. The van der Waals surface area contributed by atoms with Crippen molar-refractivity contribution in [2.24, 2.45) is 0 Å². The molecule has 1 aromatic heterocycles. The standard InChI is InChI=1S/C14H11ClN2O3/c1-8-2-10(7-16-6-8)13(18)17-12-4-9(14(19)20)3-11(15)5-12/h2-7H,1H3,(H,17,18)(H,19,20). The van der Waals surface area contributed by atoms with Crippen molar-refractivity contribution in [1.82, 2.24) is 4.98 Å². The van der Waals surface area contributed by atoms with E-state index in [1.54, 1.807) is 12.3 Å². The van der Waals surface area contributed by atoms with Crippen LogP contribution in [0.25, 0.3) is 0 Å². The number of carbonyl (C=O) groups is 2. The summed E-state index contributed by atoms with van der Waals surface area (Å²) < 4.78 is 0. The Kier molecular flexibility index (Phi) is 4.00. The van der Waals surface area contributed by atoms with Gasteiger partial charge in [0.2, 0.25) is 0 Å². The zero-order chi connectivity index (χ0) is 14.7. The van der Waals surface area contributed by atoms with Crippen molar-refractivity contribution in [2.45, 2.75) is 6.92 Å². The summed E-state index contributed by atoms with van der Waals surface area (Å²) in [6.45, 7) is 1.83. The van der Waals surface area contributed by atoms with Crippen LogP contribution in [0.3, 0.4) is 0 Å². The number of carbonyl (C=O) groups excluding carboxylic acids is 1. The molecule has 2 aromatic rings. The number of hydrogen-bond donors (Lipinski definition) is 2. The van der Waals surface area contributed by atoms with E-state index in [4.69, 9.17) is 16.7 Å². The molecule has 0 aliphatic carbocycles. The smallest absolute Gasteiger partial charge is 0.335 e. The Morgan fingerprint density at radius 1 is 1.15 bits per heavy atom. The summed E-state index contributed by atoms with van der Waals surface area (Å²) in [7, 11) is 0. The minimum absolute atomic E-state index is 0.00941. The first-order chi connectivity index (χ1) is 9.45. The second-order valence-electron chi connectivity index (χ2n) is 4.24. The van der Waals surface area contributed by atoms with Gasteiger partial charge in [0, 0.05) is 23.1 Å². The van der Waals surface area contributed by atoms with Crippen LogP contribution in [-0.4, -0.2) is 22.0 Å². The van der Waals surface area contributed by atoms with Crippen LogP contribution in [0.1, 0.15) is 26.3 Å². The number of nitrogens with zero attached hydrogens (tertiary/aromatic N) is 1. The number of rotatable bonds is 3. The molecule has 1 heterocycles. The largest absolute Gasteiger partial charge is 0.478 e. The molecule has 0 aliphatic heterocycles. The van der Waals surface area contributed by atoms with E-state index in [1.165, 1.54) is 24.4 Å². The lowest BCUT2D eigenvalue weighted by Gasteiger charge is -2.07. The molecule has 0 fully saturated rings. The molecule has 0 atom stereocenters. The molecule has 0 saturated carbocycles. The van der Waals surface area contributed by atoms with Crippen molar-refractivity contribution in [2.75, 3.05) is 5.32 Å². The van der Waals surface area contributed by atoms with E-state index in [0.717, 1.165) is 5.56 Å². The fourth-order valence-corrected chi connectivity index (χ4v) is 1.90. The average molecular weight is 291 g/mol. The molecule has 102 valence electrons. The van der Waals surface area contributed by atoms with E-state index in [0.29, 0.717) is 11.3 Å². The fraction of sp³-hybridized carbons (Fsp3) is 0.0714. The summed E-state index contributed by atoms with van der Waals surface area (Å²) >= 11 is 5.82. The molecule has 2 N–H and O–H groups in total. The summed E-state index contributed by atoms with van der Waals surface area (Å²) in [6, 6.07) is 5.82. The first-order valence-corrected chi connectivity index (χ1v) is 6.10. The van der Waals surface area contributed by atoms with Crippen LogP contribution in [-0.2, 0) is 0 Å². The van der Waals surface area contributed by atoms with E-state index < -0.39 is 5.97 Å². The predicted octanol–water partition coefficient (Wildman–Crippen LogP) is 2.99. The lowest BCUT2D eigenvalue weighted by molar-refractivity contribution is 0.0696. The predicted molar refractivity (Wildman–Crippen MR) is 75.3 cm³/mol. The highest BCUT2D eigenvalue weighted by Crippen LogP contribution is 2.20. The van der Waals surface area contributed by atoms with Gasteiger partial charge >= 0.3 is 5.97 Å². The molecule has 0 unspecified atom stereocenters. The highest BCUT2D eigenvalue weighted by Gasteiger charge is 2.10. The molecule has 1 amide bonds. The van der Waals surface area contributed by atoms with Crippen LogP contribution >= 0.6 is 11.6 Å². The molecule has 1 aromatic carbocycles. The number of anilines is 1. The third-order valence-electron chi connectivity index (χ3n) is 2.54. The number of carboxylic acid groups (broad SMARTS) is 1. The molecule has 0 saturated heterocycles. The van der Waals surface area contributed by atoms with Crippen LogP contribution in [0, 0.1) is 6.92 Å². The van der Waals surface area contributed by atoms with Crippen molar-refractivity contribution in [3.8, 4) is 0 Å². The van der Waals surface area contributed by atoms with Crippen LogP contribution in [0.15, 0.2) is 36.7 Å². The number of halogens is 1. The lowest BCUT2D eigenvalue weighted by Crippen LogP contribution is -2.13. The van der Waals surface area contributed by atoms with Crippen molar-refractivity contribution in [3.05, 3.63) is 58.4 Å². The minimum Gasteiger partial charge on any atom is -0.478 e. The van der Waals surface area contributed by atoms with Crippen molar-refractivity contribution >= 4 is 29.2 Å². The molecule has 2 rings (SSSR count). The summed E-state index contributed by atoms with van der Waals surface area (Å²) in [5, 5.41) is 11.8. The van der Waals surface area contributed by atoms with E-state index in [1.807, 2.05) is 6.92 Å². The van der Waals surface area contributed by atoms with Crippen LogP contribution in [0.2, 0.25) is 5.02 Å². The van der Waals surface area contributed by atoms with Gasteiger partial charge in [0.05, 0.1) is 11.1 Å². The molecule has 6 heteroatoms. The van der Waals surface area contributed by atoms with E-state index in [2.05, 4.69) is 10.3 Å². The molecule has 0 bridgehead atoms. The molecule has 20 heavy (non-hydrogen) atoms. The van der Waals surface area contributed by atoms with E-state index in [9.17, 15) is 9.59 Å². The SMILES string of the molecule is Cc1cncc(C(=O)Nc2cc(Cl)cc(C(=O)O)c2)c1. The zero-order valence-corrected chi connectivity index (χ0v) is 11.3. The Morgan fingerprint density at radius 2 is 1.90 bits per heavy atom. The number of pyridine rings is 1. The number of aromatic carboxylic acids is 1. The van der Waals surface area contributed by atoms with Crippen molar-refractivity contribution in [3.63, 3.8) is 0 Å². The first kappa shape index (κ1) is 14.0. The molecule has 5 nitrogen and oxygen atoms in total. The summed E-state index contributed by atoms with van der Waals surface area (Å²) in [5.41, 5.74) is 1.58. The average Bonchev–Trinajstić information content (AvgIpc) is 2.37. The molecule has 0 radical (unpaired) electrons. The van der Waals surface area contributed by atoms with Gasteiger partial charge in [0.25, 0.3) is 5.91 Å². The monoisotopic (exact) mass is 290 g/mol. The zero-order valence-electron chi connectivity index (χ0n) is 10.6. The van der Waals surface area contributed by atoms with E-state index >= 15 is 0 Å². The number of aryl methyl sites for hydroxylation is 1. The van der Waals surface area contributed by atoms with Gasteiger partial charge in [-0.25, -0.2) is 4.79 Å². The van der Waals surface area contributed by atoms with Gasteiger partial charge in [-0.3, -0.25) is 9.78 Å². The van der Waals surface area contributed by atoms with Crippen LogP contribution < -0.4 is 5.32 Å². The molecular formula is C14H11ClN2O3. The Morgan fingerprint density at radius 3 is 2.55 bits per heavy atom. The van der Waals surface area contributed by atoms with Crippen molar-refractivity contribution < 1.29 is 14.7 Å². The highest BCUT2D eigenvalue weighted by atomic mass is 35.5. The number of benzene rings is 1. The number of nitrogens with one attached hydrogen (secondary N) is 1. The van der Waals surface area contributed by atoms with Gasteiger partial charge < -0.3 is 10.4 Å². The topological polar surface area (TPSA) is 79.3 Å². The quantitative estimate of drug-likeness (QED) is 0.911. The summed E-state index contributed by atoms with van der Waals surface area (Å²) in [5.74, 6) is -1.49. The van der Waals surface area contributed by atoms with Crippen molar-refractivity contribution in [1.29, 1.82) is 0 Å². The Hall–Kier alpha value is -2.40. The Bertz CT molecular complexity index is 686. The summed E-state index contributed by atoms with van der Waals surface area (Å²) in [4.78, 5) is 26.9. The number of amides is 1.